The van der Waals surface area contributed by atoms with Crippen LogP contribution in [0.5, 0.6) is 0 Å². The summed E-state index contributed by atoms with van der Waals surface area (Å²) in [6.07, 6.45) is 0. The molecule has 0 radical (unpaired) electrons. The van der Waals surface area contributed by atoms with Crippen LogP contribution in [-0.2, 0) is 12.5 Å². The van der Waals surface area contributed by atoms with Gasteiger partial charge >= 0.3 is 0 Å². The second kappa shape index (κ2) is 4.81. The first-order valence-corrected chi connectivity index (χ1v) is 6.81. The van der Waals surface area contributed by atoms with Gasteiger partial charge < -0.3 is 0 Å². The Morgan fingerprint density at radius 2 is 1.29 bits per heavy atom. The predicted molar refractivity (Wildman–Crippen MR) is 40.1 cm³/mol. The van der Waals surface area contributed by atoms with Crippen LogP contribution in [0.2, 0.25) is 19.6 Å². The molecule has 0 bridgehead atoms. The molecule has 0 rings (SSSR count). The molecule has 0 aliphatic carbocycles. The summed E-state index contributed by atoms with van der Waals surface area (Å²) in [6, 6.07) is 0. The van der Waals surface area contributed by atoms with Gasteiger partial charge in [-0.1, -0.05) is 19.6 Å². The Bertz CT molecular complexity index is 38.7. The first-order chi connectivity index (χ1) is 3.00. The zero-order valence-electron chi connectivity index (χ0n) is 4.79. The maximum Gasteiger partial charge on any atom is 0.147 e. The summed E-state index contributed by atoms with van der Waals surface area (Å²) in [4.78, 5) is 0. The molecular weight excluding hydrogens is 148 g/mol. The average Bonchev–Trinajstić information content (AvgIpc) is 1.36. The third-order valence-electron chi connectivity index (χ3n) is 0. The highest BCUT2D eigenvalue weighted by Crippen LogP contribution is 2.03. The van der Waals surface area contributed by atoms with Crippen LogP contribution in [0, 0.1) is 0 Å². The molecule has 1 nitrogen and oxygen atoms in total. The first-order valence-electron chi connectivity index (χ1n) is 1.89. The number of hydrogen-bond acceptors (Lipinski definition) is 1. The van der Waals surface area contributed by atoms with Crippen molar-refractivity contribution < 1.29 is 4.21 Å². The maximum atomic E-state index is 8.06. The molecule has 0 amide bonds. The van der Waals surface area contributed by atoms with Gasteiger partial charge in [0.05, 0.1) is 0 Å². The fraction of sp³-hybridized carbons (Fsp3) is 1.00. The SMILES string of the molecule is C[Si](C)(C)Cl.O=[SH2]. The van der Waals surface area contributed by atoms with Gasteiger partial charge in [0, 0.05) is 0 Å². The molecule has 0 unspecified atom stereocenters. The van der Waals surface area contributed by atoms with Crippen molar-refractivity contribution >= 4 is 31.0 Å². The van der Waals surface area contributed by atoms with Gasteiger partial charge in [0.1, 0.15) is 7.38 Å². The van der Waals surface area contributed by atoms with Gasteiger partial charge in [0.2, 0.25) is 0 Å². The molecule has 0 aromatic rings. The third-order valence-corrected chi connectivity index (χ3v) is 0. The van der Waals surface area contributed by atoms with Crippen molar-refractivity contribution in [2.45, 2.75) is 19.6 Å². The summed E-state index contributed by atoms with van der Waals surface area (Å²) in [5.74, 6) is 0. The highest BCUT2D eigenvalue weighted by atomic mass is 35.6. The lowest BCUT2D eigenvalue weighted by Crippen LogP contribution is -2.06. The Balaban J connectivity index is 0. The van der Waals surface area contributed by atoms with Crippen LogP contribution in [0.1, 0.15) is 0 Å². The molecular formula is C3H11ClOSSi. The highest BCUT2D eigenvalue weighted by molar-refractivity contribution is 7.44. The topological polar surface area (TPSA) is 17.1 Å². The maximum absolute atomic E-state index is 8.06. The lowest BCUT2D eigenvalue weighted by Gasteiger charge is -1.97. The fourth-order valence-electron chi connectivity index (χ4n) is 0. The normalized spacial score (nSPS) is 9.29. The summed E-state index contributed by atoms with van der Waals surface area (Å²) in [6.45, 7) is 6.28. The molecule has 0 aliphatic heterocycles. The van der Waals surface area contributed by atoms with E-state index in [0.29, 0.717) is 0 Å². The molecule has 0 saturated carbocycles. The van der Waals surface area contributed by atoms with E-state index in [1.807, 2.05) is 0 Å². The Morgan fingerprint density at radius 1 is 1.29 bits per heavy atom. The monoisotopic (exact) mass is 158 g/mol. The number of halogens is 1. The lowest BCUT2D eigenvalue weighted by atomic mass is 11.8. The van der Waals surface area contributed by atoms with Gasteiger partial charge in [-0.25, -0.2) is 0 Å². The molecule has 0 aromatic carbocycles. The molecule has 0 aliphatic rings. The minimum Gasteiger partial charge on any atom is -0.266 e. The Labute approximate surface area is 55.3 Å². The van der Waals surface area contributed by atoms with E-state index >= 15 is 0 Å². The van der Waals surface area contributed by atoms with E-state index in [0.717, 1.165) is 0 Å². The summed E-state index contributed by atoms with van der Waals surface area (Å²) in [5, 5.41) is 0. The molecule has 0 fully saturated rings. The minimum atomic E-state index is -1.14. The van der Waals surface area contributed by atoms with Crippen molar-refractivity contribution in [3.8, 4) is 0 Å². The molecule has 0 N–H and O–H groups in total. The molecule has 4 heteroatoms. The van der Waals surface area contributed by atoms with Crippen LogP contribution < -0.4 is 0 Å². The molecule has 0 aromatic heterocycles. The second-order valence-corrected chi connectivity index (χ2v) is 9.60. The number of rotatable bonds is 0. The van der Waals surface area contributed by atoms with Crippen LogP contribution >= 0.6 is 11.1 Å². The first kappa shape index (κ1) is 10.6. The van der Waals surface area contributed by atoms with Crippen LogP contribution in [0.3, 0.4) is 0 Å². The lowest BCUT2D eigenvalue weighted by molar-refractivity contribution is 0.702. The summed E-state index contributed by atoms with van der Waals surface area (Å²) in [5.41, 5.74) is 0. The van der Waals surface area contributed by atoms with E-state index in [9.17, 15) is 0 Å². The van der Waals surface area contributed by atoms with Crippen LogP contribution in [0.4, 0.5) is 0 Å². The highest BCUT2D eigenvalue weighted by Gasteiger charge is 2.04. The largest absolute Gasteiger partial charge is 0.266 e. The predicted octanol–water partition coefficient (Wildman–Crippen LogP) is 1.19. The van der Waals surface area contributed by atoms with Gasteiger partial charge in [0.25, 0.3) is 0 Å². The summed E-state index contributed by atoms with van der Waals surface area (Å²) >= 11 is 7.39. The summed E-state index contributed by atoms with van der Waals surface area (Å²) < 4.78 is 8.06. The molecule has 0 spiro atoms. The molecule has 0 heterocycles. The average molecular weight is 159 g/mol. The van der Waals surface area contributed by atoms with E-state index in [4.69, 9.17) is 15.3 Å². The van der Waals surface area contributed by atoms with E-state index < -0.39 is 7.38 Å². The summed E-state index contributed by atoms with van der Waals surface area (Å²) in [7, 11) is -1.14. The molecule has 46 valence electrons. The Hall–Kier alpha value is 0.657. The quantitative estimate of drug-likeness (QED) is 0.383. The van der Waals surface area contributed by atoms with Gasteiger partial charge in [-0.2, -0.15) is 11.1 Å². The zero-order chi connectivity index (χ0) is 6.50. The van der Waals surface area contributed by atoms with Crippen molar-refractivity contribution in [3.63, 3.8) is 0 Å². The second-order valence-electron chi connectivity index (χ2n) is 2.07. The standard InChI is InChI=1S/C3H9ClSi.H2OS/c1-5(2,3)4;1-2/h1-3H3;2H2. The van der Waals surface area contributed by atoms with Crippen molar-refractivity contribution in [1.29, 1.82) is 0 Å². The van der Waals surface area contributed by atoms with Gasteiger partial charge in [0.15, 0.2) is 0 Å². The van der Waals surface area contributed by atoms with Crippen molar-refractivity contribution in [3.05, 3.63) is 0 Å². The molecule has 0 saturated heterocycles. The zero-order valence-corrected chi connectivity index (χ0v) is 7.54. The van der Waals surface area contributed by atoms with Crippen molar-refractivity contribution in [2.75, 3.05) is 0 Å². The van der Waals surface area contributed by atoms with Gasteiger partial charge in [-0.15, -0.1) is 0 Å². The van der Waals surface area contributed by atoms with E-state index in [-0.39, 0.29) is 0 Å². The number of hydrogen-bond donors (Lipinski definition) is 0. The Kier molecular flexibility index (Phi) is 7.28. The molecule has 7 heavy (non-hydrogen) atoms. The van der Waals surface area contributed by atoms with E-state index in [1.54, 1.807) is 12.5 Å². The Morgan fingerprint density at radius 3 is 1.29 bits per heavy atom. The molecule has 0 atom stereocenters. The van der Waals surface area contributed by atoms with Gasteiger partial charge in [-0.05, 0) is 12.5 Å². The third kappa shape index (κ3) is 335. The van der Waals surface area contributed by atoms with Crippen LogP contribution in [0.15, 0.2) is 0 Å². The van der Waals surface area contributed by atoms with E-state index in [1.165, 1.54) is 0 Å². The fourth-order valence-corrected chi connectivity index (χ4v) is 0. The van der Waals surface area contributed by atoms with Crippen LogP contribution in [0.25, 0.3) is 0 Å². The minimum absolute atomic E-state index is 1.14. The van der Waals surface area contributed by atoms with Crippen molar-refractivity contribution in [1.82, 2.24) is 0 Å². The van der Waals surface area contributed by atoms with E-state index in [2.05, 4.69) is 19.6 Å². The van der Waals surface area contributed by atoms with Gasteiger partial charge in [-0.3, -0.25) is 4.21 Å². The van der Waals surface area contributed by atoms with Crippen molar-refractivity contribution in [2.24, 2.45) is 0 Å². The smallest absolute Gasteiger partial charge is 0.147 e. The van der Waals surface area contributed by atoms with Crippen LogP contribution in [-0.4, -0.2) is 11.6 Å².